The summed E-state index contributed by atoms with van der Waals surface area (Å²) in [6, 6.07) is 0. The fraction of sp³-hybridized carbons (Fsp3) is 0.800. The van der Waals surface area contributed by atoms with Crippen LogP contribution in [0.4, 0.5) is 0 Å². The van der Waals surface area contributed by atoms with Crippen LogP contribution in [0.3, 0.4) is 0 Å². The molecule has 0 aliphatic heterocycles. The molecule has 0 aromatic heterocycles. The molecule has 0 N–H and O–H groups in total. The van der Waals surface area contributed by atoms with Crippen LogP contribution in [-0.4, -0.2) is 20.1 Å². The summed E-state index contributed by atoms with van der Waals surface area (Å²) in [6.45, 7) is 2.99. The van der Waals surface area contributed by atoms with Crippen LogP contribution in [0.5, 0.6) is 0 Å². The zero-order chi connectivity index (χ0) is 8.20. The highest BCUT2D eigenvalue weighted by Crippen LogP contribution is 1.97. The van der Waals surface area contributed by atoms with E-state index in [4.69, 9.17) is 0 Å². The van der Waals surface area contributed by atoms with Crippen LogP contribution in [0.2, 0.25) is 0 Å². The second-order valence-corrected chi connectivity index (χ2v) is 3.19. The van der Waals surface area contributed by atoms with E-state index in [1.165, 1.54) is 13.8 Å². The Morgan fingerprint density at radius 2 is 1.90 bits per heavy atom. The molecular weight excluding hydrogens is 156 g/mol. The zero-order valence-electron chi connectivity index (χ0n) is 5.96. The van der Waals surface area contributed by atoms with Crippen LogP contribution in [0.1, 0.15) is 20.3 Å². The SMILES string of the molecule is CCOS(=O)(=O)C(=O)CC. The number of hydrogen-bond donors (Lipinski definition) is 0. The van der Waals surface area contributed by atoms with Gasteiger partial charge in [0.05, 0.1) is 6.61 Å². The fourth-order valence-electron chi connectivity index (χ4n) is 0.398. The normalized spacial score (nSPS) is 11.4. The predicted molar refractivity (Wildman–Crippen MR) is 35.8 cm³/mol. The van der Waals surface area contributed by atoms with Gasteiger partial charge in [-0.3, -0.25) is 8.98 Å². The van der Waals surface area contributed by atoms with Crippen molar-refractivity contribution in [2.75, 3.05) is 6.61 Å². The monoisotopic (exact) mass is 166 g/mol. The summed E-state index contributed by atoms with van der Waals surface area (Å²) < 4.78 is 25.4. The first-order chi connectivity index (χ1) is 4.54. The Morgan fingerprint density at radius 3 is 2.20 bits per heavy atom. The van der Waals surface area contributed by atoms with Crippen molar-refractivity contribution in [1.82, 2.24) is 0 Å². The second kappa shape index (κ2) is 3.68. The van der Waals surface area contributed by atoms with E-state index in [0.29, 0.717) is 0 Å². The van der Waals surface area contributed by atoms with Crippen molar-refractivity contribution < 1.29 is 17.4 Å². The first-order valence-corrected chi connectivity index (χ1v) is 4.37. The molecule has 0 saturated carbocycles. The number of carbonyl (C=O) groups is 1. The van der Waals surface area contributed by atoms with E-state index in [9.17, 15) is 13.2 Å². The van der Waals surface area contributed by atoms with Gasteiger partial charge in [0, 0.05) is 6.42 Å². The average molecular weight is 166 g/mol. The molecule has 5 heteroatoms. The van der Waals surface area contributed by atoms with Crippen molar-refractivity contribution in [1.29, 1.82) is 0 Å². The van der Waals surface area contributed by atoms with Gasteiger partial charge in [-0.1, -0.05) is 6.92 Å². The lowest BCUT2D eigenvalue weighted by molar-refractivity contribution is -0.112. The summed E-state index contributed by atoms with van der Waals surface area (Å²) in [7, 11) is -3.90. The molecule has 0 atom stereocenters. The molecule has 0 rings (SSSR count). The van der Waals surface area contributed by atoms with E-state index in [0.717, 1.165) is 0 Å². The van der Waals surface area contributed by atoms with E-state index in [2.05, 4.69) is 4.18 Å². The highest BCUT2D eigenvalue weighted by molar-refractivity contribution is 8.02. The van der Waals surface area contributed by atoms with Gasteiger partial charge in [-0.2, -0.15) is 8.42 Å². The van der Waals surface area contributed by atoms with Gasteiger partial charge in [0.25, 0.3) is 5.12 Å². The molecule has 0 heterocycles. The quantitative estimate of drug-likeness (QED) is 0.565. The summed E-state index contributed by atoms with van der Waals surface area (Å²) in [5.74, 6) is 0. The number of rotatable bonds is 3. The van der Waals surface area contributed by atoms with E-state index in [1.807, 2.05) is 0 Å². The lowest BCUT2D eigenvalue weighted by atomic mass is 10.6. The molecule has 4 nitrogen and oxygen atoms in total. The Morgan fingerprint density at radius 1 is 1.40 bits per heavy atom. The second-order valence-electron chi connectivity index (χ2n) is 1.59. The third-order valence-electron chi connectivity index (χ3n) is 0.841. The molecule has 0 fully saturated rings. The van der Waals surface area contributed by atoms with Crippen molar-refractivity contribution in [2.45, 2.75) is 20.3 Å². The van der Waals surface area contributed by atoms with Crippen LogP contribution in [0.15, 0.2) is 0 Å². The van der Waals surface area contributed by atoms with Crippen LogP contribution in [0.25, 0.3) is 0 Å². The van der Waals surface area contributed by atoms with Crippen molar-refractivity contribution >= 4 is 15.2 Å². The molecule has 0 aromatic rings. The lowest BCUT2D eigenvalue weighted by Gasteiger charge is -1.97. The van der Waals surface area contributed by atoms with Crippen molar-refractivity contribution in [3.05, 3.63) is 0 Å². The van der Waals surface area contributed by atoms with Gasteiger partial charge in [0.15, 0.2) is 0 Å². The molecule has 0 radical (unpaired) electrons. The maximum absolute atomic E-state index is 10.6. The maximum atomic E-state index is 10.6. The molecule has 0 unspecified atom stereocenters. The summed E-state index contributed by atoms with van der Waals surface area (Å²) in [4.78, 5) is 10.5. The third kappa shape index (κ3) is 2.45. The molecule has 0 aliphatic rings. The van der Waals surface area contributed by atoms with Crippen LogP contribution in [-0.2, 0) is 19.1 Å². The molecule has 0 saturated heterocycles. The van der Waals surface area contributed by atoms with Crippen LogP contribution < -0.4 is 0 Å². The maximum Gasteiger partial charge on any atom is 0.331 e. The minimum absolute atomic E-state index is 0.00801. The van der Waals surface area contributed by atoms with E-state index in [1.54, 1.807) is 0 Å². The van der Waals surface area contributed by atoms with Crippen molar-refractivity contribution in [3.8, 4) is 0 Å². The first-order valence-electron chi connectivity index (χ1n) is 2.96. The molecule has 0 bridgehead atoms. The van der Waals surface area contributed by atoms with Gasteiger partial charge in [0.1, 0.15) is 0 Å². The summed E-state index contributed by atoms with van der Waals surface area (Å²) >= 11 is 0. The molecule has 10 heavy (non-hydrogen) atoms. The van der Waals surface area contributed by atoms with Crippen LogP contribution >= 0.6 is 0 Å². The average Bonchev–Trinajstić information content (AvgIpc) is 1.86. The number of carbonyl (C=O) groups excluding carboxylic acids is 1. The summed E-state index contributed by atoms with van der Waals surface area (Å²) in [6.07, 6.45) is -0.0394. The van der Waals surface area contributed by atoms with Gasteiger partial charge in [0.2, 0.25) is 0 Å². The largest absolute Gasteiger partial charge is 0.331 e. The van der Waals surface area contributed by atoms with Crippen molar-refractivity contribution in [3.63, 3.8) is 0 Å². The van der Waals surface area contributed by atoms with Crippen LogP contribution in [0, 0.1) is 0 Å². The molecule has 0 aromatic carbocycles. The third-order valence-corrected chi connectivity index (χ3v) is 2.23. The molecule has 0 aliphatic carbocycles. The smallest absolute Gasteiger partial charge is 0.279 e. The van der Waals surface area contributed by atoms with E-state index >= 15 is 0 Å². The summed E-state index contributed by atoms with van der Waals surface area (Å²) in [5.41, 5.74) is 0. The molecule has 0 amide bonds. The Hall–Kier alpha value is -0.420. The highest BCUT2D eigenvalue weighted by atomic mass is 32.2. The standard InChI is InChI=1S/C5H10O4S/c1-3-5(6)10(7,8)9-4-2/h3-4H2,1-2H3. The first kappa shape index (κ1) is 9.58. The molecule has 0 spiro atoms. The van der Waals surface area contributed by atoms with Gasteiger partial charge in [-0.15, -0.1) is 0 Å². The highest BCUT2D eigenvalue weighted by Gasteiger charge is 2.19. The predicted octanol–water partition coefficient (Wildman–Crippen LogP) is 0.289. The van der Waals surface area contributed by atoms with Gasteiger partial charge in [-0.25, -0.2) is 0 Å². The Bertz CT molecular complexity index is 204. The lowest BCUT2D eigenvalue weighted by Crippen LogP contribution is -2.16. The molecular formula is C5H10O4S. The Kier molecular flexibility index (Phi) is 3.52. The van der Waals surface area contributed by atoms with Gasteiger partial charge >= 0.3 is 10.1 Å². The minimum Gasteiger partial charge on any atom is -0.279 e. The Labute approximate surface area is 60.3 Å². The topological polar surface area (TPSA) is 60.4 Å². The zero-order valence-corrected chi connectivity index (χ0v) is 6.77. The molecule has 60 valence electrons. The minimum atomic E-state index is -3.90. The van der Waals surface area contributed by atoms with Gasteiger partial charge in [-0.05, 0) is 6.92 Å². The van der Waals surface area contributed by atoms with E-state index in [-0.39, 0.29) is 13.0 Å². The number of hydrogen-bond acceptors (Lipinski definition) is 4. The fourth-order valence-corrected chi connectivity index (χ4v) is 1.19. The van der Waals surface area contributed by atoms with Crippen molar-refractivity contribution in [2.24, 2.45) is 0 Å². The summed E-state index contributed by atoms with van der Waals surface area (Å²) in [5, 5.41) is -0.866. The Balaban J connectivity index is 4.27. The van der Waals surface area contributed by atoms with E-state index < -0.39 is 15.2 Å². The van der Waals surface area contributed by atoms with Gasteiger partial charge < -0.3 is 0 Å².